The van der Waals surface area contributed by atoms with Crippen LogP contribution < -0.4 is 0 Å². The molecule has 1 unspecified atom stereocenters. The van der Waals surface area contributed by atoms with E-state index >= 15 is 0 Å². The molecule has 0 heterocycles. The summed E-state index contributed by atoms with van der Waals surface area (Å²) < 4.78 is 4.75. The Labute approximate surface area is 153 Å². The average molecular weight is 382 g/mol. The lowest BCUT2D eigenvalue weighted by Gasteiger charge is -2.15. The van der Waals surface area contributed by atoms with E-state index in [4.69, 9.17) is 27.9 Å². The van der Waals surface area contributed by atoms with Crippen molar-refractivity contribution < 1.29 is 19.2 Å². The highest BCUT2D eigenvalue weighted by Gasteiger charge is 2.26. The van der Waals surface area contributed by atoms with Gasteiger partial charge in [-0.15, -0.1) is 0 Å². The minimum atomic E-state index is -0.898. The number of ether oxygens (including phenoxy) is 1. The van der Waals surface area contributed by atoms with Crippen LogP contribution in [-0.4, -0.2) is 23.8 Å². The van der Waals surface area contributed by atoms with Crippen molar-refractivity contribution in [3.63, 3.8) is 0 Å². The number of hydrogen-bond acceptors (Lipinski definition) is 5. The van der Waals surface area contributed by atoms with E-state index in [1.165, 1.54) is 49.6 Å². The molecule has 0 bridgehead atoms. The highest BCUT2D eigenvalue weighted by molar-refractivity contribution is 6.36. The summed E-state index contributed by atoms with van der Waals surface area (Å²) in [6.07, 6.45) is -0.189. The summed E-state index contributed by atoms with van der Waals surface area (Å²) in [6, 6.07) is 9.84. The third-order valence-corrected chi connectivity index (χ3v) is 4.16. The van der Waals surface area contributed by atoms with Crippen molar-refractivity contribution in [1.82, 2.24) is 0 Å². The molecule has 0 amide bonds. The fourth-order valence-corrected chi connectivity index (χ4v) is 2.83. The van der Waals surface area contributed by atoms with Crippen LogP contribution >= 0.6 is 23.2 Å². The van der Waals surface area contributed by atoms with E-state index < -0.39 is 16.8 Å². The Balaban J connectivity index is 2.30. The van der Waals surface area contributed by atoms with Crippen molar-refractivity contribution >= 4 is 40.6 Å². The molecule has 0 aliphatic carbocycles. The van der Waals surface area contributed by atoms with Gasteiger partial charge in [0.05, 0.1) is 23.0 Å². The Bertz CT molecular complexity index is 820. The highest BCUT2D eigenvalue weighted by Crippen LogP contribution is 2.28. The maximum Gasteiger partial charge on any atom is 0.313 e. The van der Waals surface area contributed by atoms with Crippen LogP contribution in [0.4, 0.5) is 5.69 Å². The number of non-ortho nitro benzene ring substituents is 1. The number of nitro benzene ring substituents is 1. The minimum Gasteiger partial charge on any atom is -0.469 e. The van der Waals surface area contributed by atoms with Crippen LogP contribution in [-0.2, 0) is 9.53 Å². The number of carbonyl (C=O) groups is 2. The number of benzene rings is 2. The van der Waals surface area contributed by atoms with E-state index in [-0.39, 0.29) is 28.5 Å². The topological polar surface area (TPSA) is 86.5 Å². The number of halogens is 2. The smallest absolute Gasteiger partial charge is 0.313 e. The van der Waals surface area contributed by atoms with Crippen molar-refractivity contribution in [1.29, 1.82) is 0 Å². The van der Waals surface area contributed by atoms with Crippen LogP contribution in [0.25, 0.3) is 0 Å². The number of esters is 1. The quantitative estimate of drug-likeness (QED) is 0.319. The molecule has 0 saturated carbocycles. The molecule has 0 aliphatic heterocycles. The number of Topliss-reactive ketones (excluding diaryl/α,β-unsaturated/α-hetero) is 1. The van der Waals surface area contributed by atoms with E-state index in [0.717, 1.165) is 0 Å². The number of methoxy groups -OCH3 is 1. The lowest BCUT2D eigenvalue weighted by Crippen LogP contribution is -2.18. The van der Waals surface area contributed by atoms with Gasteiger partial charge in [-0.3, -0.25) is 19.7 Å². The van der Waals surface area contributed by atoms with E-state index in [9.17, 15) is 19.7 Å². The fourth-order valence-electron chi connectivity index (χ4n) is 2.32. The number of hydrogen-bond donors (Lipinski definition) is 0. The van der Waals surface area contributed by atoms with Crippen LogP contribution in [0, 0.1) is 10.1 Å². The summed E-state index contributed by atoms with van der Waals surface area (Å²) in [5, 5.41) is 11.3. The largest absolute Gasteiger partial charge is 0.469 e. The Morgan fingerprint density at radius 3 is 2.32 bits per heavy atom. The Morgan fingerprint density at radius 2 is 1.80 bits per heavy atom. The second-order valence-electron chi connectivity index (χ2n) is 5.18. The third kappa shape index (κ3) is 4.55. The monoisotopic (exact) mass is 381 g/mol. The molecule has 1 atom stereocenters. The predicted octanol–water partition coefficient (Wildman–Crippen LogP) is 4.43. The van der Waals surface area contributed by atoms with Crippen LogP contribution in [0.5, 0.6) is 0 Å². The molecule has 0 aliphatic rings. The van der Waals surface area contributed by atoms with Crippen molar-refractivity contribution in [2.45, 2.75) is 12.3 Å². The zero-order valence-corrected chi connectivity index (χ0v) is 14.6. The average Bonchev–Trinajstić information content (AvgIpc) is 2.58. The molecule has 130 valence electrons. The van der Waals surface area contributed by atoms with Gasteiger partial charge in [0.1, 0.15) is 0 Å². The summed E-state index contributed by atoms with van der Waals surface area (Å²) in [7, 11) is 1.21. The first-order valence-corrected chi connectivity index (χ1v) is 7.89. The molecule has 2 rings (SSSR count). The number of carbonyl (C=O) groups excluding carboxylic acids is 2. The standard InChI is InChI=1S/C17H13Cl2NO5/c1-25-17(22)14(10-2-5-12(6-3-10)20(23)24)9-16(21)13-7-4-11(18)8-15(13)19/h2-8,14H,9H2,1H3. The van der Waals surface area contributed by atoms with Crippen LogP contribution in [0.2, 0.25) is 10.0 Å². The molecule has 0 spiro atoms. The fraction of sp³-hybridized carbons (Fsp3) is 0.176. The molecule has 2 aromatic carbocycles. The maximum absolute atomic E-state index is 12.5. The van der Waals surface area contributed by atoms with Crippen LogP contribution in [0.3, 0.4) is 0 Å². The second kappa shape index (κ2) is 8.09. The van der Waals surface area contributed by atoms with Crippen molar-refractivity contribution in [2.75, 3.05) is 7.11 Å². The summed E-state index contributed by atoms with van der Waals surface area (Å²) in [6.45, 7) is 0. The summed E-state index contributed by atoms with van der Waals surface area (Å²) in [5.74, 6) is -1.88. The first-order chi connectivity index (χ1) is 11.8. The molecule has 0 aromatic heterocycles. The zero-order valence-electron chi connectivity index (χ0n) is 13.1. The minimum absolute atomic E-state index is 0.112. The molecule has 2 aromatic rings. The molecule has 0 saturated heterocycles. The highest BCUT2D eigenvalue weighted by atomic mass is 35.5. The predicted molar refractivity (Wildman–Crippen MR) is 93.3 cm³/mol. The zero-order chi connectivity index (χ0) is 18.6. The number of nitro groups is 1. The van der Waals surface area contributed by atoms with E-state index in [2.05, 4.69) is 0 Å². The van der Waals surface area contributed by atoms with Gasteiger partial charge in [0.25, 0.3) is 5.69 Å². The number of nitrogens with zero attached hydrogens (tertiary/aromatic N) is 1. The summed E-state index contributed by atoms with van der Waals surface area (Å²) >= 11 is 11.8. The normalized spacial score (nSPS) is 11.6. The van der Waals surface area contributed by atoms with Gasteiger partial charge in [-0.2, -0.15) is 0 Å². The summed E-state index contributed by atoms with van der Waals surface area (Å²) in [4.78, 5) is 34.8. The van der Waals surface area contributed by atoms with Gasteiger partial charge in [-0.05, 0) is 23.8 Å². The van der Waals surface area contributed by atoms with Gasteiger partial charge < -0.3 is 4.74 Å². The Hall–Kier alpha value is -2.44. The number of ketones is 1. The van der Waals surface area contributed by atoms with Gasteiger partial charge in [-0.1, -0.05) is 35.3 Å². The molecule has 0 radical (unpaired) electrons. The lowest BCUT2D eigenvalue weighted by atomic mass is 9.91. The molecule has 6 nitrogen and oxygen atoms in total. The third-order valence-electron chi connectivity index (χ3n) is 3.61. The van der Waals surface area contributed by atoms with E-state index in [1.54, 1.807) is 0 Å². The van der Waals surface area contributed by atoms with Crippen molar-refractivity contribution in [3.05, 3.63) is 73.8 Å². The van der Waals surface area contributed by atoms with Gasteiger partial charge >= 0.3 is 5.97 Å². The van der Waals surface area contributed by atoms with Crippen LogP contribution in [0.1, 0.15) is 28.3 Å². The van der Waals surface area contributed by atoms with Crippen molar-refractivity contribution in [2.24, 2.45) is 0 Å². The first kappa shape index (κ1) is 18.9. The first-order valence-electron chi connectivity index (χ1n) is 7.14. The molecule has 0 fully saturated rings. The van der Waals surface area contributed by atoms with Gasteiger partial charge in [0.2, 0.25) is 0 Å². The molecular formula is C17H13Cl2NO5. The second-order valence-corrected chi connectivity index (χ2v) is 6.02. The lowest BCUT2D eigenvalue weighted by molar-refractivity contribution is -0.384. The summed E-state index contributed by atoms with van der Waals surface area (Å²) in [5.41, 5.74) is 0.567. The Morgan fingerprint density at radius 1 is 1.16 bits per heavy atom. The molecule has 8 heteroatoms. The van der Waals surface area contributed by atoms with Crippen molar-refractivity contribution in [3.8, 4) is 0 Å². The van der Waals surface area contributed by atoms with E-state index in [0.29, 0.717) is 10.6 Å². The van der Waals surface area contributed by atoms with Gasteiger partial charge in [0, 0.05) is 29.1 Å². The van der Waals surface area contributed by atoms with Crippen LogP contribution in [0.15, 0.2) is 42.5 Å². The van der Waals surface area contributed by atoms with E-state index in [1.807, 2.05) is 0 Å². The Kier molecular flexibility index (Phi) is 6.12. The van der Waals surface area contributed by atoms with Gasteiger partial charge in [0.15, 0.2) is 5.78 Å². The van der Waals surface area contributed by atoms with Gasteiger partial charge in [-0.25, -0.2) is 0 Å². The number of rotatable bonds is 6. The molecular weight excluding hydrogens is 369 g/mol. The maximum atomic E-state index is 12.5. The molecule has 0 N–H and O–H groups in total. The SMILES string of the molecule is COC(=O)C(CC(=O)c1ccc(Cl)cc1Cl)c1ccc([N+](=O)[O-])cc1. The molecule has 25 heavy (non-hydrogen) atoms.